The SMILES string of the molecule is CC(C)C(CO)NC1CCOc2ccc(Br)cc21. The first-order chi connectivity index (χ1) is 8.61. The molecule has 0 spiro atoms. The number of ether oxygens (including phenoxy) is 1. The van der Waals surface area contributed by atoms with Gasteiger partial charge < -0.3 is 15.2 Å². The molecule has 18 heavy (non-hydrogen) atoms. The van der Waals surface area contributed by atoms with Crippen LogP contribution in [0.1, 0.15) is 31.9 Å². The third-order valence-electron chi connectivity index (χ3n) is 3.43. The lowest BCUT2D eigenvalue weighted by atomic mass is 9.97. The molecule has 1 aromatic carbocycles. The molecule has 0 radical (unpaired) electrons. The molecule has 100 valence electrons. The number of aliphatic hydroxyl groups is 1. The average molecular weight is 314 g/mol. The second kappa shape index (κ2) is 6.04. The van der Waals surface area contributed by atoms with Crippen LogP contribution in [0.2, 0.25) is 0 Å². The topological polar surface area (TPSA) is 41.5 Å². The van der Waals surface area contributed by atoms with Crippen LogP contribution in [0.3, 0.4) is 0 Å². The highest BCUT2D eigenvalue weighted by molar-refractivity contribution is 9.10. The van der Waals surface area contributed by atoms with Gasteiger partial charge in [0, 0.05) is 28.5 Å². The molecule has 1 heterocycles. The number of halogens is 1. The van der Waals surface area contributed by atoms with Gasteiger partial charge in [-0.1, -0.05) is 29.8 Å². The Bertz CT molecular complexity index is 409. The minimum absolute atomic E-state index is 0.125. The number of nitrogens with one attached hydrogen (secondary N) is 1. The van der Waals surface area contributed by atoms with Gasteiger partial charge in [-0.2, -0.15) is 0 Å². The van der Waals surface area contributed by atoms with Crippen molar-refractivity contribution < 1.29 is 9.84 Å². The lowest BCUT2D eigenvalue weighted by molar-refractivity contribution is 0.179. The fourth-order valence-corrected chi connectivity index (χ4v) is 2.63. The highest BCUT2D eigenvalue weighted by Crippen LogP contribution is 2.34. The summed E-state index contributed by atoms with van der Waals surface area (Å²) in [6, 6.07) is 6.47. The summed E-state index contributed by atoms with van der Waals surface area (Å²) < 4.78 is 6.72. The van der Waals surface area contributed by atoms with E-state index >= 15 is 0 Å². The van der Waals surface area contributed by atoms with Crippen LogP contribution in [0.15, 0.2) is 22.7 Å². The van der Waals surface area contributed by atoms with E-state index < -0.39 is 0 Å². The molecule has 4 heteroatoms. The maximum Gasteiger partial charge on any atom is 0.124 e. The van der Waals surface area contributed by atoms with Crippen molar-refractivity contribution in [3.8, 4) is 5.75 Å². The number of aliphatic hydroxyl groups excluding tert-OH is 1. The molecule has 0 amide bonds. The number of rotatable bonds is 4. The van der Waals surface area contributed by atoms with Crippen LogP contribution >= 0.6 is 15.9 Å². The Morgan fingerprint density at radius 1 is 1.50 bits per heavy atom. The molecule has 1 aliphatic rings. The van der Waals surface area contributed by atoms with Gasteiger partial charge in [0.25, 0.3) is 0 Å². The normalized spacial score (nSPS) is 20.4. The van der Waals surface area contributed by atoms with E-state index in [4.69, 9.17) is 4.74 Å². The van der Waals surface area contributed by atoms with Gasteiger partial charge in [-0.25, -0.2) is 0 Å². The summed E-state index contributed by atoms with van der Waals surface area (Å²) >= 11 is 3.50. The fourth-order valence-electron chi connectivity index (χ4n) is 2.25. The van der Waals surface area contributed by atoms with Crippen LogP contribution < -0.4 is 10.1 Å². The number of fused-ring (bicyclic) bond motifs is 1. The fraction of sp³-hybridized carbons (Fsp3) is 0.571. The summed E-state index contributed by atoms with van der Waals surface area (Å²) in [5.41, 5.74) is 1.18. The van der Waals surface area contributed by atoms with Crippen molar-refractivity contribution in [3.63, 3.8) is 0 Å². The lowest BCUT2D eigenvalue weighted by Crippen LogP contribution is -2.41. The zero-order valence-corrected chi connectivity index (χ0v) is 12.4. The Morgan fingerprint density at radius 3 is 2.94 bits per heavy atom. The van der Waals surface area contributed by atoms with E-state index in [1.165, 1.54) is 5.56 Å². The summed E-state index contributed by atoms with van der Waals surface area (Å²) in [5, 5.41) is 13.0. The van der Waals surface area contributed by atoms with Crippen molar-refractivity contribution in [2.24, 2.45) is 5.92 Å². The van der Waals surface area contributed by atoms with Crippen molar-refractivity contribution in [2.45, 2.75) is 32.4 Å². The van der Waals surface area contributed by atoms with E-state index in [0.717, 1.165) is 23.2 Å². The summed E-state index contributed by atoms with van der Waals surface area (Å²) in [6.45, 7) is 5.13. The Hall–Kier alpha value is -0.580. The predicted molar refractivity (Wildman–Crippen MR) is 75.8 cm³/mol. The van der Waals surface area contributed by atoms with E-state index in [-0.39, 0.29) is 18.7 Å². The third-order valence-corrected chi connectivity index (χ3v) is 3.92. The smallest absolute Gasteiger partial charge is 0.124 e. The minimum atomic E-state index is 0.125. The van der Waals surface area contributed by atoms with Gasteiger partial charge in [-0.15, -0.1) is 0 Å². The maximum absolute atomic E-state index is 9.43. The van der Waals surface area contributed by atoms with Gasteiger partial charge in [-0.3, -0.25) is 0 Å². The Kier molecular flexibility index (Phi) is 4.65. The molecule has 0 saturated heterocycles. The van der Waals surface area contributed by atoms with Gasteiger partial charge in [0.15, 0.2) is 0 Å². The molecule has 0 saturated carbocycles. The molecule has 2 N–H and O–H groups in total. The Balaban J connectivity index is 2.19. The summed E-state index contributed by atoms with van der Waals surface area (Å²) in [6.07, 6.45) is 0.937. The van der Waals surface area contributed by atoms with Gasteiger partial charge >= 0.3 is 0 Å². The van der Waals surface area contributed by atoms with Crippen molar-refractivity contribution >= 4 is 15.9 Å². The van der Waals surface area contributed by atoms with Gasteiger partial charge in [0.2, 0.25) is 0 Å². The zero-order chi connectivity index (χ0) is 13.1. The van der Waals surface area contributed by atoms with Crippen LogP contribution in [0.25, 0.3) is 0 Å². The highest BCUT2D eigenvalue weighted by atomic mass is 79.9. The molecule has 2 atom stereocenters. The molecule has 1 aliphatic heterocycles. The Morgan fingerprint density at radius 2 is 2.28 bits per heavy atom. The van der Waals surface area contributed by atoms with Gasteiger partial charge in [0.05, 0.1) is 13.2 Å². The molecule has 0 bridgehead atoms. The van der Waals surface area contributed by atoms with Crippen molar-refractivity contribution in [2.75, 3.05) is 13.2 Å². The molecule has 3 nitrogen and oxygen atoms in total. The number of benzene rings is 1. The van der Waals surface area contributed by atoms with Crippen LogP contribution in [-0.2, 0) is 0 Å². The van der Waals surface area contributed by atoms with Crippen molar-refractivity contribution in [1.29, 1.82) is 0 Å². The van der Waals surface area contributed by atoms with Crippen molar-refractivity contribution in [1.82, 2.24) is 5.32 Å². The summed E-state index contributed by atoms with van der Waals surface area (Å²) in [4.78, 5) is 0. The van der Waals surface area contributed by atoms with E-state index in [1.807, 2.05) is 12.1 Å². The number of hydrogen-bond donors (Lipinski definition) is 2. The highest BCUT2D eigenvalue weighted by Gasteiger charge is 2.25. The second-order valence-corrected chi connectivity index (χ2v) is 5.99. The van der Waals surface area contributed by atoms with Gasteiger partial charge in [-0.05, 0) is 24.1 Å². The molecule has 1 aromatic rings. The van der Waals surface area contributed by atoms with Gasteiger partial charge in [0.1, 0.15) is 5.75 Å². The first kappa shape index (κ1) is 13.8. The van der Waals surface area contributed by atoms with E-state index in [2.05, 4.69) is 41.2 Å². The van der Waals surface area contributed by atoms with Crippen LogP contribution in [0, 0.1) is 5.92 Å². The van der Waals surface area contributed by atoms with Crippen molar-refractivity contribution in [3.05, 3.63) is 28.2 Å². The zero-order valence-electron chi connectivity index (χ0n) is 10.8. The largest absolute Gasteiger partial charge is 0.493 e. The minimum Gasteiger partial charge on any atom is -0.493 e. The summed E-state index contributed by atoms with van der Waals surface area (Å²) in [7, 11) is 0. The van der Waals surface area contributed by atoms with E-state index in [0.29, 0.717) is 5.92 Å². The molecule has 0 aliphatic carbocycles. The predicted octanol–water partition coefficient (Wildman–Crippen LogP) is 2.88. The van der Waals surface area contributed by atoms with Crippen LogP contribution in [-0.4, -0.2) is 24.4 Å². The standard InChI is InChI=1S/C14H20BrNO2/c1-9(2)13(8-17)16-12-5-6-18-14-4-3-10(15)7-11(12)14/h3-4,7,9,12-13,16-17H,5-6,8H2,1-2H3. The van der Waals surface area contributed by atoms with Crippen LogP contribution in [0.5, 0.6) is 5.75 Å². The molecule has 2 rings (SSSR count). The molecule has 0 aromatic heterocycles. The lowest BCUT2D eigenvalue weighted by Gasteiger charge is -2.31. The first-order valence-electron chi connectivity index (χ1n) is 6.41. The third kappa shape index (κ3) is 3.05. The maximum atomic E-state index is 9.43. The Labute approximate surface area is 117 Å². The first-order valence-corrected chi connectivity index (χ1v) is 7.20. The molecule has 0 fully saturated rings. The quantitative estimate of drug-likeness (QED) is 0.898. The van der Waals surface area contributed by atoms with E-state index in [1.54, 1.807) is 0 Å². The monoisotopic (exact) mass is 313 g/mol. The molecule has 2 unspecified atom stereocenters. The second-order valence-electron chi connectivity index (χ2n) is 5.07. The molecular formula is C14H20BrNO2. The van der Waals surface area contributed by atoms with Crippen LogP contribution in [0.4, 0.5) is 0 Å². The van der Waals surface area contributed by atoms with E-state index in [9.17, 15) is 5.11 Å². The molecular weight excluding hydrogens is 294 g/mol. The average Bonchev–Trinajstić information content (AvgIpc) is 2.35. The summed E-state index contributed by atoms with van der Waals surface area (Å²) in [5.74, 6) is 1.36. The number of hydrogen-bond acceptors (Lipinski definition) is 3.